The van der Waals surface area contributed by atoms with E-state index in [-0.39, 0.29) is 0 Å². The number of nitrogens with zero attached hydrogens (tertiary/aromatic N) is 2. The number of hydrogen-bond donors (Lipinski definition) is 2. The van der Waals surface area contributed by atoms with Crippen molar-refractivity contribution in [3.63, 3.8) is 0 Å². The molecule has 0 aliphatic carbocycles. The van der Waals surface area contributed by atoms with Crippen molar-refractivity contribution in [3.05, 3.63) is 16.8 Å². The Morgan fingerprint density at radius 1 is 1.37 bits per heavy atom. The molecule has 102 valence electrons. The van der Waals surface area contributed by atoms with E-state index in [1.54, 1.807) is 17.7 Å². The van der Waals surface area contributed by atoms with Crippen molar-refractivity contribution in [2.24, 2.45) is 0 Å². The van der Waals surface area contributed by atoms with Gasteiger partial charge < -0.3 is 10.6 Å². The standard InChI is InChI=1S/C14H20N4S/c1-8-6-11(4-5-15-8)18-13-12-9(2)10(3)19-14(12)17-7-16-13/h7-8,11,15H,4-6H2,1-3H3,(H,16,17,18). The quantitative estimate of drug-likeness (QED) is 0.885. The highest BCUT2D eigenvalue weighted by molar-refractivity contribution is 7.18. The third-order valence-electron chi connectivity index (χ3n) is 3.93. The van der Waals surface area contributed by atoms with Gasteiger partial charge in [-0.1, -0.05) is 0 Å². The van der Waals surface area contributed by atoms with Gasteiger partial charge in [-0.2, -0.15) is 0 Å². The van der Waals surface area contributed by atoms with Gasteiger partial charge in [0.05, 0.1) is 5.39 Å². The Bertz CT molecular complexity index is 592. The van der Waals surface area contributed by atoms with Crippen LogP contribution >= 0.6 is 11.3 Å². The molecule has 1 fully saturated rings. The van der Waals surface area contributed by atoms with Gasteiger partial charge in [0, 0.05) is 17.0 Å². The van der Waals surface area contributed by atoms with Crippen molar-refractivity contribution in [1.29, 1.82) is 0 Å². The summed E-state index contributed by atoms with van der Waals surface area (Å²) >= 11 is 1.75. The summed E-state index contributed by atoms with van der Waals surface area (Å²) in [6.07, 6.45) is 3.97. The summed E-state index contributed by atoms with van der Waals surface area (Å²) in [6.45, 7) is 7.63. The minimum Gasteiger partial charge on any atom is -0.367 e. The number of piperidine rings is 1. The average Bonchev–Trinajstić information content (AvgIpc) is 2.66. The first-order valence-corrected chi connectivity index (χ1v) is 7.67. The van der Waals surface area contributed by atoms with Crippen LogP contribution in [0.2, 0.25) is 0 Å². The molecule has 0 radical (unpaired) electrons. The molecule has 1 aliphatic heterocycles. The number of hydrogen-bond acceptors (Lipinski definition) is 5. The first-order chi connectivity index (χ1) is 9.15. The Morgan fingerprint density at radius 3 is 3.00 bits per heavy atom. The number of nitrogens with one attached hydrogen (secondary N) is 2. The van der Waals surface area contributed by atoms with E-state index in [2.05, 4.69) is 41.4 Å². The molecule has 2 aromatic rings. The molecular formula is C14H20N4S. The van der Waals surface area contributed by atoms with Crippen molar-refractivity contribution in [3.8, 4) is 0 Å². The SMILES string of the molecule is Cc1sc2ncnc(NC3CCNC(C)C3)c2c1C. The number of thiophene rings is 1. The van der Waals surface area contributed by atoms with Crippen LogP contribution in [-0.4, -0.2) is 28.6 Å². The molecule has 2 atom stereocenters. The van der Waals surface area contributed by atoms with Crippen molar-refractivity contribution in [2.45, 2.75) is 45.7 Å². The molecule has 3 rings (SSSR count). The van der Waals surface area contributed by atoms with Gasteiger partial charge in [-0.05, 0) is 45.7 Å². The van der Waals surface area contributed by atoms with Crippen LogP contribution in [-0.2, 0) is 0 Å². The monoisotopic (exact) mass is 276 g/mol. The van der Waals surface area contributed by atoms with E-state index < -0.39 is 0 Å². The molecule has 2 unspecified atom stereocenters. The van der Waals surface area contributed by atoms with Gasteiger partial charge in [-0.15, -0.1) is 11.3 Å². The molecule has 1 saturated heterocycles. The Kier molecular flexibility index (Phi) is 3.41. The highest BCUT2D eigenvalue weighted by Gasteiger charge is 2.20. The minimum absolute atomic E-state index is 0.508. The van der Waals surface area contributed by atoms with Crippen LogP contribution in [0.1, 0.15) is 30.2 Å². The maximum atomic E-state index is 4.46. The van der Waals surface area contributed by atoms with E-state index in [0.29, 0.717) is 12.1 Å². The molecule has 0 bridgehead atoms. The van der Waals surface area contributed by atoms with Crippen LogP contribution in [0.3, 0.4) is 0 Å². The lowest BCUT2D eigenvalue weighted by molar-refractivity contribution is 0.396. The predicted molar refractivity (Wildman–Crippen MR) is 81.0 cm³/mol. The summed E-state index contributed by atoms with van der Waals surface area (Å²) in [7, 11) is 0. The zero-order valence-electron chi connectivity index (χ0n) is 11.7. The topological polar surface area (TPSA) is 49.8 Å². The highest BCUT2D eigenvalue weighted by atomic mass is 32.1. The predicted octanol–water partition coefficient (Wildman–Crippen LogP) is 2.86. The number of anilines is 1. The molecule has 0 amide bonds. The van der Waals surface area contributed by atoms with E-state index in [4.69, 9.17) is 0 Å². The van der Waals surface area contributed by atoms with E-state index in [9.17, 15) is 0 Å². The summed E-state index contributed by atoms with van der Waals surface area (Å²) in [5.74, 6) is 1.01. The van der Waals surface area contributed by atoms with E-state index in [1.165, 1.54) is 15.8 Å². The van der Waals surface area contributed by atoms with Crippen molar-refractivity contribution >= 4 is 27.4 Å². The zero-order chi connectivity index (χ0) is 13.4. The van der Waals surface area contributed by atoms with Crippen LogP contribution < -0.4 is 10.6 Å². The van der Waals surface area contributed by atoms with Gasteiger partial charge in [0.1, 0.15) is 17.0 Å². The van der Waals surface area contributed by atoms with E-state index >= 15 is 0 Å². The summed E-state index contributed by atoms with van der Waals surface area (Å²) < 4.78 is 0. The molecule has 0 saturated carbocycles. The second kappa shape index (κ2) is 5.06. The van der Waals surface area contributed by atoms with Gasteiger partial charge >= 0.3 is 0 Å². The number of rotatable bonds is 2. The third-order valence-corrected chi connectivity index (χ3v) is 5.05. The molecule has 5 heteroatoms. The summed E-state index contributed by atoms with van der Waals surface area (Å²) in [5, 5.41) is 8.31. The second-order valence-corrected chi connectivity index (χ2v) is 6.61. The van der Waals surface area contributed by atoms with Gasteiger partial charge in [0.2, 0.25) is 0 Å². The van der Waals surface area contributed by atoms with Gasteiger partial charge in [0.15, 0.2) is 0 Å². The minimum atomic E-state index is 0.508. The van der Waals surface area contributed by atoms with E-state index in [1.807, 2.05) is 0 Å². The molecular weight excluding hydrogens is 256 g/mol. The molecule has 3 heterocycles. The molecule has 0 aromatic carbocycles. The second-order valence-electron chi connectivity index (χ2n) is 5.41. The Hall–Kier alpha value is -1.20. The van der Waals surface area contributed by atoms with Crippen LogP contribution in [0, 0.1) is 13.8 Å². The first kappa shape index (κ1) is 12.8. The fourth-order valence-electron chi connectivity index (χ4n) is 2.75. The molecule has 4 nitrogen and oxygen atoms in total. The fourth-order valence-corrected chi connectivity index (χ4v) is 3.75. The van der Waals surface area contributed by atoms with Crippen LogP contribution in [0.15, 0.2) is 6.33 Å². The zero-order valence-corrected chi connectivity index (χ0v) is 12.5. The van der Waals surface area contributed by atoms with Crippen LogP contribution in [0.5, 0.6) is 0 Å². The highest BCUT2D eigenvalue weighted by Crippen LogP contribution is 2.33. The number of aromatic nitrogens is 2. The molecule has 0 spiro atoms. The lowest BCUT2D eigenvalue weighted by Crippen LogP contribution is -2.41. The average molecular weight is 276 g/mol. The smallest absolute Gasteiger partial charge is 0.138 e. The van der Waals surface area contributed by atoms with Crippen molar-refractivity contribution in [1.82, 2.24) is 15.3 Å². The maximum absolute atomic E-state index is 4.46. The molecule has 2 N–H and O–H groups in total. The lowest BCUT2D eigenvalue weighted by atomic mass is 10.0. The van der Waals surface area contributed by atoms with Gasteiger partial charge in [0.25, 0.3) is 0 Å². The first-order valence-electron chi connectivity index (χ1n) is 6.85. The number of aryl methyl sites for hydroxylation is 2. The third kappa shape index (κ3) is 2.44. The summed E-state index contributed by atoms with van der Waals surface area (Å²) in [5.41, 5.74) is 1.31. The summed E-state index contributed by atoms with van der Waals surface area (Å²) in [4.78, 5) is 11.3. The Labute approximate surface area is 117 Å². The Balaban J connectivity index is 1.92. The van der Waals surface area contributed by atoms with Crippen LogP contribution in [0.4, 0.5) is 5.82 Å². The summed E-state index contributed by atoms with van der Waals surface area (Å²) in [6, 6.07) is 1.09. The van der Waals surface area contributed by atoms with Crippen LogP contribution in [0.25, 0.3) is 10.2 Å². The van der Waals surface area contributed by atoms with Gasteiger partial charge in [-0.25, -0.2) is 9.97 Å². The fraction of sp³-hybridized carbons (Fsp3) is 0.571. The lowest BCUT2D eigenvalue weighted by Gasteiger charge is -2.29. The normalized spacial score (nSPS) is 23.7. The molecule has 1 aliphatic rings. The molecule has 19 heavy (non-hydrogen) atoms. The molecule has 2 aromatic heterocycles. The number of fused-ring (bicyclic) bond motifs is 1. The largest absolute Gasteiger partial charge is 0.367 e. The van der Waals surface area contributed by atoms with E-state index in [0.717, 1.165) is 30.0 Å². The Morgan fingerprint density at radius 2 is 2.21 bits per heavy atom. The maximum Gasteiger partial charge on any atom is 0.138 e. The van der Waals surface area contributed by atoms with Crippen molar-refractivity contribution < 1.29 is 0 Å². The van der Waals surface area contributed by atoms with Gasteiger partial charge in [-0.3, -0.25) is 0 Å². The van der Waals surface area contributed by atoms with Crippen molar-refractivity contribution in [2.75, 3.05) is 11.9 Å².